The second-order valence-corrected chi connectivity index (χ2v) is 7.70. The van der Waals surface area contributed by atoms with Crippen LogP contribution in [0.15, 0.2) is 54.2 Å². The Morgan fingerprint density at radius 1 is 1.07 bits per heavy atom. The van der Waals surface area contributed by atoms with Crippen molar-refractivity contribution < 1.29 is 14.3 Å². The quantitative estimate of drug-likeness (QED) is 0.741. The first kappa shape index (κ1) is 20.9. The number of benzene rings is 2. The number of hydrogen-bond acceptors (Lipinski definition) is 3. The van der Waals surface area contributed by atoms with Gasteiger partial charge in [0.1, 0.15) is 11.4 Å². The van der Waals surface area contributed by atoms with E-state index in [-0.39, 0.29) is 17.5 Å². The largest absolute Gasteiger partial charge is 0.497 e. The summed E-state index contributed by atoms with van der Waals surface area (Å²) in [5.41, 5.74) is 1.50. The van der Waals surface area contributed by atoms with Crippen molar-refractivity contribution >= 4 is 29.5 Å². The number of halogens is 1. The third kappa shape index (κ3) is 5.61. The van der Waals surface area contributed by atoms with E-state index in [9.17, 15) is 9.59 Å². The first-order valence-electron chi connectivity index (χ1n) is 9.68. The first-order chi connectivity index (χ1) is 14.0. The Hall–Kier alpha value is -2.79. The number of likely N-dealkylation sites (tertiary alicyclic amines) is 1. The summed E-state index contributed by atoms with van der Waals surface area (Å²) in [5, 5.41) is 3.34. The van der Waals surface area contributed by atoms with Crippen LogP contribution in [0.25, 0.3) is 6.08 Å². The van der Waals surface area contributed by atoms with Gasteiger partial charge in [0.05, 0.1) is 7.11 Å². The van der Waals surface area contributed by atoms with Crippen molar-refractivity contribution in [3.8, 4) is 5.75 Å². The number of amides is 2. The molecule has 0 spiro atoms. The molecule has 0 bridgehead atoms. The molecular weight excluding hydrogens is 388 g/mol. The van der Waals surface area contributed by atoms with Crippen LogP contribution in [0.5, 0.6) is 5.75 Å². The smallest absolute Gasteiger partial charge is 0.270 e. The number of hydrogen-bond donors (Lipinski definition) is 1. The summed E-state index contributed by atoms with van der Waals surface area (Å²) in [5.74, 6) is 0.817. The minimum atomic E-state index is -0.347. The lowest BCUT2D eigenvalue weighted by molar-refractivity contribution is -0.128. The maximum Gasteiger partial charge on any atom is 0.270 e. The number of nitrogens with one attached hydrogen (secondary N) is 1. The van der Waals surface area contributed by atoms with Crippen molar-refractivity contribution in [3.63, 3.8) is 0 Å². The van der Waals surface area contributed by atoms with Gasteiger partial charge in [-0.05, 0) is 66.8 Å². The van der Waals surface area contributed by atoms with Crippen LogP contribution in [0.2, 0.25) is 5.02 Å². The second kappa shape index (κ2) is 9.61. The van der Waals surface area contributed by atoms with E-state index < -0.39 is 0 Å². The van der Waals surface area contributed by atoms with Gasteiger partial charge >= 0.3 is 0 Å². The van der Waals surface area contributed by atoms with Crippen LogP contribution >= 0.6 is 11.6 Å². The molecular formula is C23H25ClN2O3. The predicted octanol–water partition coefficient (Wildman–Crippen LogP) is 4.38. The first-order valence-corrected chi connectivity index (χ1v) is 10.1. The molecule has 0 aromatic heterocycles. The monoisotopic (exact) mass is 412 g/mol. The van der Waals surface area contributed by atoms with Crippen molar-refractivity contribution in [2.75, 3.05) is 20.2 Å². The van der Waals surface area contributed by atoms with Crippen molar-refractivity contribution in [3.05, 3.63) is 70.4 Å². The summed E-state index contributed by atoms with van der Waals surface area (Å²) < 4.78 is 5.18. The third-order valence-corrected chi connectivity index (χ3v) is 5.33. The predicted molar refractivity (Wildman–Crippen MR) is 115 cm³/mol. The topological polar surface area (TPSA) is 58.6 Å². The van der Waals surface area contributed by atoms with E-state index in [1.807, 2.05) is 24.3 Å². The molecule has 0 atom stereocenters. The highest BCUT2D eigenvalue weighted by molar-refractivity contribution is 6.30. The average molecular weight is 413 g/mol. The van der Waals surface area contributed by atoms with Crippen LogP contribution in [-0.2, 0) is 4.79 Å². The highest BCUT2D eigenvalue weighted by Crippen LogP contribution is 2.19. The molecule has 1 N–H and O–H groups in total. The van der Waals surface area contributed by atoms with E-state index in [0.29, 0.717) is 29.6 Å². The number of nitrogens with zero attached hydrogens (tertiary/aromatic N) is 1. The zero-order valence-electron chi connectivity index (χ0n) is 16.7. The second-order valence-electron chi connectivity index (χ2n) is 7.27. The lowest BCUT2D eigenvalue weighted by atomic mass is 9.99. The highest BCUT2D eigenvalue weighted by Gasteiger charge is 2.24. The summed E-state index contributed by atoms with van der Waals surface area (Å²) in [4.78, 5) is 27.7. The fourth-order valence-corrected chi connectivity index (χ4v) is 3.32. The van der Waals surface area contributed by atoms with Gasteiger partial charge in [0.25, 0.3) is 11.8 Å². The highest BCUT2D eigenvalue weighted by atomic mass is 35.5. The molecule has 1 aliphatic heterocycles. The van der Waals surface area contributed by atoms with Gasteiger partial charge < -0.3 is 15.0 Å². The van der Waals surface area contributed by atoms with Crippen molar-refractivity contribution in [1.29, 1.82) is 0 Å². The Kier molecular flexibility index (Phi) is 6.94. The molecule has 1 aliphatic rings. The fraction of sp³-hybridized carbons (Fsp3) is 0.304. The standard InChI is InChI=1S/C23H25ClN2O3/c1-16-11-13-26(14-12-16)23(28)21(15-17-3-9-20(29-2)10-4-17)25-22(27)18-5-7-19(24)8-6-18/h3-10,15-16H,11-14H2,1-2H3,(H,25,27). The van der Waals surface area contributed by atoms with Gasteiger partial charge in [-0.25, -0.2) is 0 Å². The Labute approximate surface area is 176 Å². The summed E-state index contributed by atoms with van der Waals surface area (Å²) in [6, 6.07) is 13.9. The molecule has 1 saturated heterocycles. The maximum absolute atomic E-state index is 13.2. The summed E-state index contributed by atoms with van der Waals surface area (Å²) in [7, 11) is 1.60. The fourth-order valence-electron chi connectivity index (χ4n) is 3.20. The van der Waals surface area contributed by atoms with E-state index >= 15 is 0 Å². The summed E-state index contributed by atoms with van der Waals surface area (Å²) in [6.07, 6.45) is 3.63. The van der Waals surface area contributed by atoms with E-state index in [4.69, 9.17) is 16.3 Å². The molecule has 0 aliphatic carbocycles. The Morgan fingerprint density at radius 3 is 2.28 bits per heavy atom. The number of rotatable bonds is 5. The molecule has 3 rings (SSSR count). The van der Waals surface area contributed by atoms with E-state index in [1.165, 1.54) is 0 Å². The van der Waals surface area contributed by atoms with Gasteiger partial charge in [0.15, 0.2) is 0 Å². The van der Waals surface area contributed by atoms with Crippen LogP contribution in [-0.4, -0.2) is 36.9 Å². The zero-order valence-corrected chi connectivity index (χ0v) is 17.4. The van der Waals surface area contributed by atoms with Gasteiger partial charge in [0, 0.05) is 23.7 Å². The van der Waals surface area contributed by atoms with Gasteiger partial charge in [-0.15, -0.1) is 0 Å². The molecule has 2 aromatic rings. The molecule has 2 amide bonds. The minimum absolute atomic E-state index is 0.171. The van der Waals surface area contributed by atoms with E-state index in [1.54, 1.807) is 42.4 Å². The molecule has 6 heteroatoms. The Morgan fingerprint density at radius 2 is 1.69 bits per heavy atom. The molecule has 0 saturated carbocycles. The molecule has 1 heterocycles. The van der Waals surface area contributed by atoms with Crippen LogP contribution < -0.4 is 10.1 Å². The molecule has 29 heavy (non-hydrogen) atoms. The van der Waals surface area contributed by atoms with Gasteiger partial charge in [-0.1, -0.05) is 30.7 Å². The number of carbonyl (C=O) groups excluding carboxylic acids is 2. The van der Waals surface area contributed by atoms with Crippen LogP contribution in [0.4, 0.5) is 0 Å². The van der Waals surface area contributed by atoms with E-state index in [2.05, 4.69) is 12.2 Å². The summed E-state index contributed by atoms with van der Waals surface area (Å²) >= 11 is 5.90. The van der Waals surface area contributed by atoms with Crippen molar-refractivity contribution in [1.82, 2.24) is 10.2 Å². The van der Waals surface area contributed by atoms with Gasteiger partial charge in [-0.2, -0.15) is 0 Å². The number of piperidine rings is 1. The third-order valence-electron chi connectivity index (χ3n) is 5.08. The molecule has 5 nitrogen and oxygen atoms in total. The van der Waals surface area contributed by atoms with Crippen LogP contribution in [0.3, 0.4) is 0 Å². The molecule has 1 fully saturated rings. The molecule has 2 aromatic carbocycles. The average Bonchev–Trinajstić information content (AvgIpc) is 2.74. The molecule has 0 unspecified atom stereocenters. The number of ether oxygens (including phenoxy) is 1. The van der Waals surface area contributed by atoms with Crippen molar-refractivity contribution in [2.24, 2.45) is 5.92 Å². The number of carbonyl (C=O) groups is 2. The van der Waals surface area contributed by atoms with Gasteiger partial charge in [0.2, 0.25) is 0 Å². The Balaban J connectivity index is 1.85. The molecule has 0 radical (unpaired) electrons. The lowest BCUT2D eigenvalue weighted by Gasteiger charge is -2.31. The van der Waals surface area contributed by atoms with E-state index in [0.717, 1.165) is 24.2 Å². The van der Waals surface area contributed by atoms with Crippen LogP contribution in [0.1, 0.15) is 35.7 Å². The van der Waals surface area contributed by atoms with Gasteiger partial charge in [-0.3, -0.25) is 9.59 Å². The Bertz CT molecular complexity index is 883. The van der Waals surface area contributed by atoms with Crippen molar-refractivity contribution in [2.45, 2.75) is 19.8 Å². The normalized spacial score (nSPS) is 15.1. The minimum Gasteiger partial charge on any atom is -0.497 e. The number of methoxy groups -OCH3 is 1. The zero-order chi connectivity index (χ0) is 20.8. The SMILES string of the molecule is COc1ccc(C=C(NC(=O)c2ccc(Cl)cc2)C(=O)N2CCC(C)CC2)cc1. The lowest BCUT2D eigenvalue weighted by Crippen LogP contribution is -2.42. The van der Waals surface area contributed by atoms with Crippen LogP contribution in [0, 0.1) is 5.92 Å². The molecule has 152 valence electrons. The maximum atomic E-state index is 13.2. The summed E-state index contributed by atoms with van der Waals surface area (Å²) in [6.45, 7) is 3.58.